The van der Waals surface area contributed by atoms with E-state index in [9.17, 15) is 15.2 Å². The zero-order chi connectivity index (χ0) is 23.7. The fourth-order valence-electron chi connectivity index (χ4n) is 3.90. The molecule has 2 heterocycles. The maximum Gasteiger partial charge on any atom is 0.273 e. The quantitative estimate of drug-likeness (QED) is 0.503. The number of fused-ring (bicyclic) bond motifs is 1. The Morgan fingerprint density at radius 3 is 2.67 bits per heavy atom. The van der Waals surface area contributed by atoms with Crippen LogP contribution in [0, 0.1) is 25.2 Å². The van der Waals surface area contributed by atoms with Gasteiger partial charge in [-0.2, -0.15) is 10.4 Å². The first-order chi connectivity index (χ1) is 15.8. The van der Waals surface area contributed by atoms with Gasteiger partial charge in [0.05, 0.1) is 22.8 Å². The number of carbonyl (C=O) groups is 1. The van der Waals surface area contributed by atoms with Crippen molar-refractivity contribution in [3.63, 3.8) is 0 Å². The lowest BCUT2D eigenvalue weighted by molar-refractivity contribution is 0.0781. The summed E-state index contributed by atoms with van der Waals surface area (Å²) in [7, 11) is 1.72. The van der Waals surface area contributed by atoms with Crippen molar-refractivity contribution >= 4 is 16.8 Å². The Balaban J connectivity index is 1.80. The average molecular weight is 441 g/mol. The second-order valence-corrected chi connectivity index (χ2v) is 7.92. The van der Waals surface area contributed by atoms with E-state index in [2.05, 4.69) is 21.1 Å². The van der Waals surface area contributed by atoms with Crippen LogP contribution < -0.4 is 0 Å². The highest BCUT2D eigenvalue weighted by molar-refractivity contribution is 6.05. The number of hydrogen-bond acceptors (Lipinski definition) is 6. The van der Waals surface area contributed by atoms with Crippen LogP contribution in [0.2, 0.25) is 0 Å². The van der Waals surface area contributed by atoms with Gasteiger partial charge in [-0.3, -0.25) is 9.48 Å². The molecule has 8 nitrogen and oxygen atoms in total. The molecule has 4 aromatic rings. The van der Waals surface area contributed by atoms with E-state index in [-0.39, 0.29) is 17.4 Å². The minimum atomic E-state index is -0.297. The Bertz CT molecular complexity index is 1420. The lowest BCUT2D eigenvalue weighted by atomic mass is 10.1. The van der Waals surface area contributed by atoms with Gasteiger partial charge in [0, 0.05) is 42.3 Å². The van der Waals surface area contributed by atoms with Crippen molar-refractivity contribution in [2.75, 3.05) is 7.05 Å². The van der Waals surface area contributed by atoms with E-state index in [1.807, 2.05) is 25.5 Å². The third-order valence-corrected chi connectivity index (χ3v) is 5.70. The summed E-state index contributed by atoms with van der Waals surface area (Å²) in [5, 5.41) is 24.3. The fourth-order valence-corrected chi connectivity index (χ4v) is 3.90. The van der Waals surface area contributed by atoms with Gasteiger partial charge in [0.1, 0.15) is 11.4 Å². The van der Waals surface area contributed by atoms with E-state index in [1.54, 1.807) is 42.3 Å². The van der Waals surface area contributed by atoms with Gasteiger partial charge in [-0.1, -0.05) is 12.1 Å². The Kier molecular flexibility index (Phi) is 5.80. The van der Waals surface area contributed by atoms with Crippen LogP contribution >= 0.6 is 0 Å². The van der Waals surface area contributed by atoms with Crippen LogP contribution in [0.1, 0.15) is 39.9 Å². The third-order valence-electron chi connectivity index (χ3n) is 5.70. The number of rotatable bonds is 5. The largest absolute Gasteiger partial charge is 0.508 e. The molecule has 0 saturated heterocycles. The van der Waals surface area contributed by atoms with Crippen molar-refractivity contribution < 1.29 is 9.90 Å². The van der Waals surface area contributed by atoms with E-state index < -0.39 is 0 Å². The van der Waals surface area contributed by atoms with E-state index in [0.717, 1.165) is 23.5 Å². The highest BCUT2D eigenvalue weighted by Crippen LogP contribution is 2.27. The molecule has 0 fully saturated rings. The second kappa shape index (κ2) is 8.71. The SMILES string of the molecule is CCn1nc(C)c(CN(C)C(=O)c2nc(-c3cccc(C#N)c3)nc3ccc(O)cc23)c1C. The van der Waals surface area contributed by atoms with Crippen LogP contribution in [0.15, 0.2) is 42.5 Å². The summed E-state index contributed by atoms with van der Waals surface area (Å²) in [6.07, 6.45) is 0. The molecule has 0 saturated carbocycles. The number of nitrogens with zero attached hydrogens (tertiary/aromatic N) is 6. The summed E-state index contributed by atoms with van der Waals surface area (Å²) in [6, 6.07) is 13.7. The van der Waals surface area contributed by atoms with E-state index in [0.29, 0.717) is 34.4 Å². The zero-order valence-electron chi connectivity index (χ0n) is 19.0. The molecule has 1 N–H and O–H groups in total. The standard InChI is InChI=1S/C25H24N6O2/c1-5-31-16(3)21(15(2)29-31)14-30(4)25(33)23-20-12-19(32)9-10-22(20)27-24(28-23)18-8-6-7-17(11-18)13-26/h6-12,32H,5,14H2,1-4H3. The molecule has 33 heavy (non-hydrogen) atoms. The number of aryl methyl sites for hydroxylation is 2. The Morgan fingerprint density at radius 2 is 1.97 bits per heavy atom. The summed E-state index contributed by atoms with van der Waals surface area (Å²) in [4.78, 5) is 24.3. The summed E-state index contributed by atoms with van der Waals surface area (Å²) in [5.74, 6) is 0.0693. The number of phenolic OH excluding ortho intramolecular Hbond substituents is 1. The summed E-state index contributed by atoms with van der Waals surface area (Å²) < 4.78 is 1.92. The Morgan fingerprint density at radius 1 is 1.18 bits per heavy atom. The molecule has 2 aromatic carbocycles. The van der Waals surface area contributed by atoms with Crippen LogP contribution in [-0.2, 0) is 13.1 Å². The van der Waals surface area contributed by atoms with Gasteiger partial charge in [-0.15, -0.1) is 0 Å². The maximum absolute atomic E-state index is 13.6. The number of nitriles is 1. The maximum atomic E-state index is 13.6. The van der Waals surface area contributed by atoms with E-state index >= 15 is 0 Å². The first-order valence-corrected chi connectivity index (χ1v) is 10.6. The highest BCUT2D eigenvalue weighted by Gasteiger charge is 2.22. The molecule has 1 amide bonds. The molecule has 0 aliphatic carbocycles. The molecule has 0 bridgehead atoms. The van der Waals surface area contributed by atoms with E-state index in [1.165, 1.54) is 12.1 Å². The monoisotopic (exact) mass is 440 g/mol. The molecule has 8 heteroatoms. The van der Waals surface area contributed by atoms with Gasteiger partial charge in [0.2, 0.25) is 0 Å². The molecule has 166 valence electrons. The van der Waals surface area contributed by atoms with Crippen LogP contribution in [0.5, 0.6) is 5.75 Å². The summed E-state index contributed by atoms with van der Waals surface area (Å²) >= 11 is 0. The number of aromatic hydroxyl groups is 1. The zero-order valence-corrected chi connectivity index (χ0v) is 19.0. The second-order valence-electron chi connectivity index (χ2n) is 7.92. The van der Waals surface area contributed by atoms with Crippen LogP contribution in [0.3, 0.4) is 0 Å². The predicted octanol–water partition coefficient (Wildman–Crippen LogP) is 3.98. The number of aromatic nitrogens is 4. The molecular formula is C25H24N6O2. The number of amides is 1. The average Bonchev–Trinajstić information content (AvgIpc) is 3.10. The topological polar surface area (TPSA) is 108 Å². The summed E-state index contributed by atoms with van der Waals surface area (Å²) in [5.41, 5.74) is 4.73. The van der Waals surface area contributed by atoms with Crippen molar-refractivity contribution in [3.05, 3.63) is 70.7 Å². The van der Waals surface area contributed by atoms with Gasteiger partial charge in [-0.25, -0.2) is 9.97 Å². The summed E-state index contributed by atoms with van der Waals surface area (Å²) in [6.45, 7) is 7.09. The molecule has 0 atom stereocenters. The number of hydrogen-bond donors (Lipinski definition) is 1. The lowest BCUT2D eigenvalue weighted by Gasteiger charge is -2.19. The van der Waals surface area contributed by atoms with Crippen LogP contribution in [0.25, 0.3) is 22.3 Å². The highest BCUT2D eigenvalue weighted by atomic mass is 16.3. The van der Waals surface area contributed by atoms with Crippen molar-refractivity contribution in [1.82, 2.24) is 24.6 Å². The van der Waals surface area contributed by atoms with Gasteiger partial charge in [0.25, 0.3) is 5.91 Å². The molecule has 4 rings (SSSR count). The smallest absolute Gasteiger partial charge is 0.273 e. The number of phenols is 1. The third kappa shape index (κ3) is 4.13. The number of benzene rings is 2. The first kappa shape index (κ1) is 22.0. The predicted molar refractivity (Wildman–Crippen MR) is 125 cm³/mol. The molecule has 0 aliphatic rings. The molecule has 0 unspecified atom stereocenters. The minimum absolute atomic E-state index is 0.0259. The van der Waals surface area contributed by atoms with Crippen molar-refractivity contribution in [3.8, 4) is 23.2 Å². The van der Waals surface area contributed by atoms with Crippen molar-refractivity contribution in [1.29, 1.82) is 5.26 Å². The first-order valence-electron chi connectivity index (χ1n) is 10.6. The molecule has 2 aromatic heterocycles. The van der Waals surface area contributed by atoms with E-state index in [4.69, 9.17) is 0 Å². The molecular weight excluding hydrogens is 416 g/mol. The molecule has 0 spiro atoms. The minimum Gasteiger partial charge on any atom is -0.508 e. The van der Waals surface area contributed by atoms with Crippen LogP contribution in [0.4, 0.5) is 0 Å². The molecule has 0 aliphatic heterocycles. The molecule has 0 radical (unpaired) electrons. The van der Waals surface area contributed by atoms with Crippen LogP contribution in [-0.4, -0.2) is 42.7 Å². The van der Waals surface area contributed by atoms with Gasteiger partial charge >= 0.3 is 0 Å². The Hall–Kier alpha value is -4.25. The Labute approximate surface area is 191 Å². The van der Waals surface area contributed by atoms with Gasteiger partial charge < -0.3 is 10.0 Å². The number of carbonyl (C=O) groups excluding carboxylic acids is 1. The normalized spacial score (nSPS) is 10.9. The van der Waals surface area contributed by atoms with Gasteiger partial charge in [-0.05, 0) is 51.1 Å². The van der Waals surface area contributed by atoms with Crippen molar-refractivity contribution in [2.24, 2.45) is 0 Å². The fraction of sp³-hybridized carbons (Fsp3) is 0.240. The lowest BCUT2D eigenvalue weighted by Crippen LogP contribution is -2.28. The van der Waals surface area contributed by atoms with Gasteiger partial charge in [0.15, 0.2) is 5.82 Å². The van der Waals surface area contributed by atoms with Crippen molar-refractivity contribution in [2.45, 2.75) is 33.9 Å².